The molecule has 20 heavy (non-hydrogen) atoms. The summed E-state index contributed by atoms with van der Waals surface area (Å²) >= 11 is 0. The van der Waals surface area contributed by atoms with Crippen LogP contribution in [0, 0.1) is 20.8 Å². The summed E-state index contributed by atoms with van der Waals surface area (Å²) in [6.07, 6.45) is 0. The Kier molecular flexibility index (Phi) is 3.91. The lowest BCUT2D eigenvalue weighted by Gasteiger charge is -2.23. The fourth-order valence-corrected chi connectivity index (χ4v) is 2.11. The van der Waals surface area contributed by atoms with E-state index in [0.29, 0.717) is 0 Å². The summed E-state index contributed by atoms with van der Waals surface area (Å²) in [7, 11) is 1.93. The van der Waals surface area contributed by atoms with Gasteiger partial charge >= 0.3 is 0 Å². The van der Waals surface area contributed by atoms with Gasteiger partial charge in [0.1, 0.15) is 5.82 Å². The second-order valence-corrected chi connectivity index (χ2v) is 5.91. The van der Waals surface area contributed by atoms with Crippen molar-refractivity contribution in [1.29, 1.82) is 0 Å². The lowest BCUT2D eigenvalue weighted by molar-refractivity contribution is 0.416. The van der Waals surface area contributed by atoms with E-state index in [1.54, 1.807) is 0 Å². The predicted molar refractivity (Wildman–Crippen MR) is 83.8 cm³/mol. The van der Waals surface area contributed by atoms with Crippen molar-refractivity contribution in [2.45, 2.75) is 40.2 Å². The zero-order chi connectivity index (χ0) is 14.9. The van der Waals surface area contributed by atoms with E-state index in [9.17, 15) is 0 Å². The van der Waals surface area contributed by atoms with E-state index in [-0.39, 0.29) is 5.54 Å². The van der Waals surface area contributed by atoms with Gasteiger partial charge in [0, 0.05) is 11.3 Å². The van der Waals surface area contributed by atoms with Crippen molar-refractivity contribution in [2.75, 3.05) is 7.05 Å². The number of benzene rings is 1. The molecule has 1 N–H and O–H groups in total. The quantitative estimate of drug-likeness (QED) is 0.926. The van der Waals surface area contributed by atoms with Gasteiger partial charge in [-0.05, 0) is 59.4 Å². The molecule has 0 radical (unpaired) electrons. The van der Waals surface area contributed by atoms with E-state index in [1.807, 2.05) is 14.0 Å². The van der Waals surface area contributed by atoms with Gasteiger partial charge in [-0.1, -0.05) is 17.7 Å². The van der Waals surface area contributed by atoms with E-state index in [0.717, 1.165) is 17.2 Å². The standard InChI is InChI=1S/C17H23N3/c1-11-7-8-12(2)14(9-11)15-10-13(3)19-16(20-15)17(4,5)18-6/h7-10,18H,1-6H3. The molecule has 2 aromatic rings. The third-order valence-electron chi connectivity index (χ3n) is 3.71. The first-order chi connectivity index (χ1) is 9.33. The van der Waals surface area contributed by atoms with Crippen LogP contribution in [0.1, 0.15) is 36.5 Å². The molecule has 2 rings (SSSR count). The van der Waals surface area contributed by atoms with Crippen LogP contribution in [0.5, 0.6) is 0 Å². The summed E-state index contributed by atoms with van der Waals surface area (Å²) in [4.78, 5) is 9.36. The zero-order valence-electron chi connectivity index (χ0n) is 13.2. The van der Waals surface area contributed by atoms with Crippen LogP contribution in [-0.2, 0) is 5.54 Å². The monoisotopic (exact) mass is 269 g/mol. The molecule has 0 saturated heterocycles. The first-order valence-electron chi connectivity index (χ1n) is 6.96. The number of hydrogen-bond donors (Lipinski definition) is 1. The summed E-state index contributed by atoms with van der Waals surface area (Å²) in [5.74, 6) is 0.830. The molecule has 0 atom stereocenters. The highest BCUT2D eigenvalue weighted by atomic mass is 15.0. The third kappa shape index (κ3) is 2.88. The molecule has 0 fully saturated rings. The Morgan fingerprint density at radius 1 is 1.00 bits per heavy atom. The number of hydrogen-bond acceptors (Lipinski definition) is 3. The van der Waals surface area contributed by atoms with Gasteiger partial charge in [-0.3, -0.25) is 0 Å². The molecule has 0 aliphatic carbocycles. The molecule has 3 heteroatoms. The minimum Gasteiger partial charge on any atom is -0.308 e. The first-order valence-corrected chi connectivity index (χ1v) is 6.96. The molecule has 0 amide bonds. The minimum absolute atomic E-state index is 0.238. The Hall–Kier alpha value is -1.74. The predicted octanol–water partition coefficient (Wildman–Crippen LogP) is 3.52. The van der Waals surface area contributed by atoms with Gasteiger partial charge in [0.2, 0.25) is 0 Å². The molecule has 0 aliphatic rings. The molecule has 0 saturated carbocycles. The molecule has 0 bridgehead atoms. The summed E-state index contributed by atoms with van der Waals surface area (Å²) in [6, 6.07) is 8.51. The molecule has 0 aliphatic heterocycles. The van der Waals surface area contributed by atoms with Gasteiger partial charge in [-0.15, -0.1) is 0 Å². The molecule has 3 nitrogen and oxygen atoms in total. The summed E-state index contributed by atoms with van der Waals surface area (Å²) in [6.45, 7) is 10.4. The van der Waals surface area contributed by atoms with E-state index in [1.165, 1.54) is 16.7 Å². The second-order valence-electron chi connectivity index (χ2n) is 5.91. The number of rotatable bonds is 3. The fraction of sp³-hybridized carbons (Fsp3) is 0.412. The van der Waals surface area contributed by atoms with Crippen LogP contribution in [-0.4, -0.2) is 17.0 Å². The number of nitrogens with zero attached hydrogens (tertiary/aromatic N) is 2. The van der Waals surface area contributed by atoms with Crippen LogP contribution in [0.4, 0.5) is 0 Å². The number of aryl methyl sites for hydroxylation is 3. The number of aromatic nitrogens is 2. The van der Waals surface area contributed by atoms with Crippen molar-refractivity contribution in [3.8, 4) is 11.3 Å². The molecular formula is C17H23N3. The van der Waals surface area contributed by atoms with Gasteiger partial charge < -0.3 is 5.32 Å². The molecule has 1 aromatic heterocycles. The maximum atomic E-state index is 4.77. The smallest absolute Gasteiger partial charge is 0.148 e. The van der Waals surface area contributed by atoms with Crippen LogP contribution < -0.4 is 5.32 Å². The zero-order valence-corrected chi connectivity index (χ0v) is 13.2. The molecule has 0 unspecified atom stereocenters. The fourth-order valence-electron chi connectivity index (χ4n) is 2.11. The van der Waals surface area contributed by atoms with Gasteiger partial charge in [-0.2, -0.15) is 0 Å². The lowest BCUT2D eigenvalue weighted by atomic mass is 10.0. The maximum absolute atomic E-state index is 4.77. The van der Waals surface area contributed by atoms with Gasteiger partial charge in [0.25, 0.3) is 0 Å². The summed E-state index contributed by atoms with van der Waals surface area (Å²) in [5, 5.41) is 3.26. The minimum atomic E-state index is -0.238. The van der Waals surface area contributed by atoms with Crippen molar-refractivity contribution in [2.24, 2.45) is 0 Å². The lowest BCUT2D eigenvalue weighted by Crippen LogP contribution is -2.35. The van der Waals surface area contributed by atoms with Gasteiger partial charge in [0.15, 0.2) is 0 Å². The maximum Gasteiger partial charge on any atom is 0.148 e. The second kappa shape index (κ2) is 5.33. The Balaban J connectivity index is 2.61. The van der Waals surface area contributed by atoms with Crippen LogP contribution in [0.25, 0.3) is 11.3 Å². The van der Waals surface area contributed by atoms with Crippen LogP contribution in [0.3, 0.4) is 0 Å². The summed E-state index contributed by atoms with van der Waals surface area (Å²) < 4.78 is 0. The molecule has 1 aromatic carbocycles. The highest BCUT2D eigenvalue weighted by Crippen LogP contribution is 2.25. The van der Waals surface area contributed by atoms with Crippen molar-refractivity contribution in [1.82, 2.24) is 15.3 Å². The van der Waals surface area contributed by atoms with E-state index < -0.39 is 0 Å². The molecule has 0 spiro atoms. The van der Waals surface area contributed by atoms with E-state index in [4.69, 9.17) is 4.98 Å². The highest BCUT2D eigenvalue weighted by molar-refractivity contribution is 5.64. The highest BCUT2D eigenvalue weighted by Gasteiger charge is 2.22. The Morgan fingerprint density at radius 2 is 1.70 bits per heavy atom. The SMILES string of the molecule is CNC(C)(C)c1nc(C)cc(-c2cc(C)ccc2C)n1. The first kappa shape index (κ1) is 14.7. The Bertz CT molecular complexity index is 630. The average Bonchev–Trinajstić information content (AvgIpc) is 2.40. The van der Waals surface area contributed by atoms with Crippen molar-refractivity contribution in [3.63, 3.8) is 0 Å². The molecule has 106 valence electrons. The van der Waals surface area contributed by atoms with Crippen molar-refractivity contribution < 1.29 is 0 Å². The van der Waals surface area contributed by atoms with Crippen molar-refractivity contribution in [3.05, 3.63) is 46.9 Å². The van der Waals surface area contributed by atoms with Gasteiger partial charge in [-0.25, -0.2) is 9.97 Å². The third-order valence-corrected chi connectivity index (χ3v) is 3.71. The Labute approximate surface area is 121 Å². The Morgan fingerprint density at radius 3 is 2.35 bits per heavy atom. The number of nitrogens with one attached hydrogen (secondary N) is 1. The van der Waals surface area contributed by atoms with E-state index >= 15 is 0 Å². The van der Waals surface area contributed by atoms with Crippen LogP contribution in [0.15, 0.2) is 24.3 Å². The largest absolute Gasteiger partial charge is 0.308 e. The topological polar surface area (TPSA) is 37.8 Å². The van der Waals surface area contributed by atoms with Gasteiger partial charge in [0.05, 0.1) is 11.2 Å². The van der Waals surface area contributed by atoms with Crippen LogP contribution >= 0.6 is 0 Å². The van der Waals surface area contributed by atoms with Crippen molar-refractivity contribution >= 4 is 0 Å². The normalized spacial score (nSPS) is 11.7. The average molecular weight is 269 g/mol. The van der Waals surface area contributed by atoms with E-state index in [2.05, 4.69) is 62.3 Å². The molecular weight excluding hydrogens is 246 g/mol. The molecule has 1 heterocycles. The summed E-state index contributed by atoms with van der Waals surface area (Å²) in [5.41, 5.74) is 5.42. The van der Waals surface area contributed by atoms with Crippen LogP contribution in [0.2, 0.25) is 0 Å².